The van der Waals surface area contributed by atoms with Gasteiger partial charge in [-0.1, -0.05) is 5.16 Å². The fourth-order valence-electron chi connectivity index (χ4n) is 2.90. The van der Waals surface area contributed by atoms with Crippen LogP contribution in [0.1, 0.15) is 37.6 Å². The van der Waals surface area contributed by atoms with Crippen molar-refractivity contribution in [1.29, 1.82) is 0 Å². The summed E-state index contributed by atoms with van der Waals surface area (Å²) in [7, 11) is 0. The van der Waals surface area contributed by atoms with Crippen molar-refractivity contribution >= 4 is 29.9 Å². The van der Waals surface area contributed by atoms with E-state index in [2.05, 4.69) is 39.8 Å². The highest BCUT2D eigenvalue weighted by molar-refractivity contribution is 14.0. The average molecular weight is 486 g/mol. The fraction of sp³-hybridized carbons (Fsp3) is 0.474. The predicted molar refractivity (Wildman–Crippen MR) is 115 cm³/mol. The summed E-state index contributed by atoms with van der Waals surface area (Å²) in [4.78, 5) is 4.67. The maximum absolute atomic E-state index is 5.88. The third-order valence-electron chi connectivity index (χ3n) is 4.06. The minimum Gasteiger partial charge on any atom is -0.494 e. The van der Waals surface area contributed by atoms with Crippen molar-refractivity contribution in [2.24, 2.45) is 4.99 Å². The van der Waals surface area contributed by atoms with Crippen molar-refractivity contribution in [3.8, 4) is 11.5 Å². The molecule has 8 heteroatoms. The van der Waals surface area contributed by atoms with Crippen molar-refractivity contribution in [3.63, 3.8) is 0 Å². The van der Waals surface area contributed by atoms with Gasteiger partial charge >= 0.3 is 0 Å². The Morgan fingerprint density at radius 3 is 2.89 bits per heavy atom. The molecule has 0 radical (unpaired) electrons. The number of nitrogens with one attached hydrogen (secondary N) is 2. The number of fused-ring (bicyclic) bond motifs is 1. The van der Waals surface area contributed by atoms with E-state index in [9.17, 15) is 0 Å². The van der Waals surface area contributed by atoms with Gasteiger partial charge in [0.15, 0.2) is 5.96 Å². The van der Waals surface area contributed by atoms with Gasteiger partial charge in [0.25, 0.3) is 0 Å². The van der Waals surface area contributed by atoms with E-state index in [0.29, 0.717) is 25.7 Å². The molecule has 1 aromatic heterocycles. The Kier molecular flexibility index (Phi) is 8.21. The molecule has 0 spiro atoms. The van der Waals surface area contributed by atoms with Crippen molar-refractivity contribution in [3.05, 3.63) is 41.3 Å². The molecule has 0 fully saturated rings. The van der Waals surface area contributed by atoms with E-state index in [1.54, 1.807) is 6.26 Å². The third-order valence-corrected chi connectivity index (χ3v) is 4.06. The lowest BCUT2D eigenvalue weighted by Crippen LogP contribution is -2.36. The number of aliphatic imine (C=N–C) groups is 1. The van der Waals surface area contributed by atoms with Crippen LogP contribution in [0.2, 0.25) is 0 Å². The van der Waals surface area contributed by atoms with Gasteiger partial charge in [-0.15, -0.1) is 24.0 Å². The van der Waals surface area contributed by atoms with Crippen molar-refractivity contribution in [2.75, 3.05) is 13.2 Å². The molecule has 2 N–H and O–H groups in total. The standard InChI is InChI=1S/C19H26N4O3.HI/c1-4-20-19(22-12-16-6-7-25-23-16)21-11-15-10-18-14(8-13(3)26-18)9-17(15)24-5-2;/h6-7,9-10,13H,4-5,8,11-12H2,1-3H3,(H2,20,21,22);1H. The minimum atomic E-state index is 0. The topological polar surface area (TPSA) is 80.9 Å². The lowest BCUT2D eigenvalue weighted by molar-refractivity contribution is 0.254. The molecule has 0 aliphatic carbocycles. The first-order valence-corrected chi connectivity index (χ1v) is 9.06. The van der Waals surface area contributed by atoms with Gasteiger partial charge in [0, 0.05) is 30.2 Å². The molecule has 1 unspecified atom stereocenters. The molecule has 2 aromatic rings. The molecule has 0 saturated carbocycles. The van der Waals surface area contributed by atoms with E-state index in [1.807, 2.05) is 19.9 Å². The van der Waals surface area contributed by atoms with Crippen LogP contribution in [0.5, 0.6) is 11.5 Å². The molecule has 3 rings (SSSR count). The van der Waals surface area contributed by atoms with Crippen LogP contribution >= 0.6 is 24.0 Å². The summed E-state index contributed by atoms with van der Waals surface area (Å²) < 4.78 is 16.5. The Bertz CT molecular complexity index is 750. The maximum atomic E-state index is 5.88. The maximum Gasteiger partial charge on any atom is 0.191 e. The van der Waals surface area contributed by atoms with Crippen LogP contribution in [0.15, 0.2) is 34.0 Å². The van der Waals surface area contributed by atoms with Gasteiger partial charge in [-0.2, -0.15) is 0 Å². The van der Waals surface area contributed by atoms with E-state index in [1.165, 1.54) is 5.56 Å². The molecule has 1 aromatic carbocycles. The Labute approximate surface area is 176 Å². The summed E-state index contributed by atoms with van der Waals surface area (Å²) in [6, 6.07) is 5.96. The highest BCUT2D eigenvalue weighted by Crippen LogP contribution is 2.35. The SMILES string of the molecule is CCNC(=NCc1cc2c(cc1OCC)CC(C)O2)NCc1ccon1.I. The Balaban J connectivity index is 0.00000261. The van der Waals surface area contributed by atoms with Crippen molar-refractivity contribution < 1.29 is 14.0 Å². The summed E-state index contributed by atoms with van der Waals surface area (Å²) >= 11 is 0. The Hall–Kier alpha value is -1.97. The molecule has 0 saturated heterocycles. The second kappa shape index (κ2) is 10.4. The average Bonchev–Trinajstić information content (AvgIpc) is 3.25. The van der Waals surface area contributed by atoms with Crippen LogP contribution in [0.3, 0.4) is 0 Å². The summed E-state index contributed by atoms with van der Waals surface area (Å²) in [5.41, 5.74) is 3.04. The van der Waals surface area contributed by atoms with Crippen LogP contribution in [0.25, 0.3) is 0 Å². The molecule has 0 amide bonds. The number of ether oxygens (including phenoxy) is 2. The second-order valence-electron chi connectivity index (χ2n) is 6.17. The predicted octanol–water partition coefficient (Wildman–Crippen LogP) is 3.27. The quantitative estimate of drug-likeness (QED) is 0.355. The zero-order valence-electron chi connectivity index (χ0n) is 15.9. The molecular formula is C19H27IN4O3. The molecule has 1 atom stereocenters. The first-order valence-electron chi connectivity index (χ1n) is 9.06. The largest absolute Gasteiger partial charge is 0.494 e. The molecule has 7 nitrogen and oxygen atoms in total. The zero-order valence-corrected chi connectivity index (χ0v) is 18.3. The first kappa shape index (κ1) is 21.3. The fourth-order valence-corrected chi connectivity index (χ4v) is 2.90. The molecular weight excluding hydrogens is 459 g/mol. The number of nitrogens with zero attached hydrogens (tertiary/aromatic N) is 2. The van der Waals surface area contributed by atoms with Crippen LogP contribution in [-0.4, -0.2) is 30.4 Å². The monoisotopic (exact) mass is 486 g/mol. The van der Waals surface area contributed by atoms with E-state index >= 15 is 0 Å². The van der Waals surface area contributed by atoms with Gasteiger partial charge in [-0.25, -0.2) is 4.99 Å². The Morgan fingerprint density at radius 2 is 2.19 bits per heavy atom. The molecule has 0 bridgehead atoms. The Morgan fingerprint density at radius 1 is 1.33 bits per heavy atom. The van der Waals surface area contributed by atoms with E-state index in [-0.39, 0.29) is 30.1 Å². The molecule has 1 aliphatic rings. The lowest BCUT2D eigenvalue weighted by Gasteiger charge is -2.13. The van der Waals surface area contributed by atoms with Gasteiger partial charge in [-0.3, -0.25) is 0 Å². The van der Waals surface area contributed by atoms with Crippen LogP contribution < -0.4 is 20.1 Å². The van der Waals surface area contributed by atoms with Crippen LogP contribution in [0.4, 0.5) is 0 Å². The summed E-state index contributed by atoms with van der Waals surface area (Å²) in [5, 5.41) is 10.4. The van der Waals surface area contributed by atoms with E-state index < -0.39 is 0 Å². The molecule has 2 heterocycles. The highest BCUT2D eigenvalue weighted by atomic mass is 127. The molecule has 148 valence electrons. The van der Waals surface area contributed by atoms with Gasteiger partial charge < -0.3 is 24.6 Å². The van der Waals surface area contributed by atoms with E-state index in [0.717, 1.165) is 35.7 Å². The number of guanidine groups is 1. The summed E-state index contributed by atoms with van der Waals surface area (Å²) in [6.45, 7) is 8.53. The van der Waals surface area contributed by atoms with Gasteiger partial charge in [0.05, 0.1) is 19.7 Å². The van der Waals surface area contributed by atoms with Crippen LogP contribution in [0, 0.1) is 0 Å². The van der Waals surface area contributed by atoms with Gasteiger partial charge in [-0.05, 0) is 32.9 Å². The van der Waals surface area contributed by atoms with E-state index in [4.69, 9.17) is 14.0 Å². The first-order chi connectivity index (χ1) is 12.7. The summed E-state index contributed by atoms with van der Waals surface area (Å²) in [6.07, 6.45) is 2.68. The number of rotatable bonds is 7. The number of hydrogen-bond donors (Lipinski definition) is 2. The van der Waals surface area contributed by atoms with Gasteiger partial charge in [0.1, 0.15) is 29.6 Å². The third kappa shape index (κ3) is 5.75. The number of aromatic nitrogens is 1. The number of hydrogen-bond acceptors (Lipinski definition) is 5. The zero-order chi connectivity index (χ0) is 18.4. The lowest BCUT2D eigenvalue weighted by atomic mass is 10.1. The van der Waals surface area contributed by atoms with Crippen LogP contribution in [-0.2, 0) is 19.5 Å². The number of benzene rings is 1. The molecule has 1 aliphatic heterocycles. The second-order valence-corrected chi connectivity index (χ2v) is 6.17. The highest BCUT2D eigenvalue weighted by Gasteiger charge is 2.21. The minimum absolute atomic E-state index is 0. The smallest absolute Gasteiger partial charge is 0.191 e. The van der Waals surface area contributed by atoms with Crippen molar-refractivity contribution in [2.45, 2.75) is 46.4 Å². The van der Waals surface area contributed by atoms with Gasteiger partial charge in [0.2, 0.25) is 0 Å². The van der Waals surface area contributed by atoms with Crippen molar-refractivity contribution in [1.82, 2.24) is 15.8 Å². The number of halogens is 1. The summed E-state index contributed by atoms with van der Waals surface area (Å²) in [5.74, 6) is 2.53. The molecule has 27 heavy (non-hydrogen) atoms. The normalized spacial score (nSPS) is 15.5.